The molecule has 7 heteroatoms. The van der Waals surface area contributed by atoms with Crippen LogP contribution in [0.25, 0.3) is 0 Å². The standard InChI is InChI=1S/C8H11BrN2O3S/c1-5-7(9)8(12)11(10-5)6-2-3-15(13,14)4-6/h6,10H,2-4H2,1H3. The summed E-state index contributed by atoms with van der Waals surface area (Å²) in [4.78, 5) is 11.7. The van der Waals surface area contributed by atoms with E-state index in [1.54, 1.807) is 6.92 Å². The van der Waals surface area contributed by atoms with Crippen molar-refractivity contribution in [2.24, 2.45) is 0 Å². The van der Waals surface area contributed by atoms with Gasteiger partial charge in [0.05, 0.1) is 17.5 Å². The molecule has 1 aromatic heterocycles. The lowest BCUT2D eigenvalue weighted by atomic mass is 10.3. The van der Waals surface area contributed by atoms with E-state index in [1.165, 1.54) is 4.68 Å². The summed E-state index contributed by atoms with van der Waals surface area (Å²) in [5.74, 6) is 0.221. The highest BCUT2D eigenvalue weighted by molar-refractivity contribution is 9.10. The summed E-state index contributed by atoms with van der Waals surface area (Å²) in [6.45, 7) is 1.77. The summed E-state index contributed by atoms with van der Waals surface area (Å²) in [6, 6.07) is -0.243. The predicted octanol–water partition coefficient (Wildman–Crippen LogP) is 0.607. The molecule has 15 heavy (non-hydrogen) atoms. The van der Waals surface area contributed by atoms with E-state index in [4.69, 9.17) is 0 Å². The number of aryl methyl sites for hydroxylation is 1. The van der Waals surface area contributed by atoms with Crippen LogP contribution in [-0.4, -0.2) is 29.7 Å². The zero-order chi connectivity index (χ0) is 11.2. The summed E-state index contributed by atoms with van der Waals surface area (Å²) >= 11 is 3.16. The number of hydrogen-bond donors (Lipinski definition) is 1. The van der Waals surface area contributed by atoms with Gasteiger partial charge in [-0.1, -0.05) is 0 Å². The third-order valence-electron chi connectivity index (χ3n) is 2.60. The molecular formula is C8H11BrN2O3S. The van der Waals surface area contributed by atoms with Crippen molar-refractivity contribution in [2.75, 3.05) is 11.5 Å². The summed E-state index contributed by atoms with van der Waals surface area (Å²) in [5.41, 5.74) is 0.541. The van der Waals surface area contributed by atoms with Crippen molar-refractivity contribution >= 4 is 25.8 Å². The monoisotopic (exact) mass is 294 g/mol. The van der Waals surface area contributed by atoms with Crippen LogP contribution >= 0.6 is 15.9 Å². The van der Waals surface area contributed by atoms with E-state index in [-0.39, 0.29) is 23.1 Å². The molecule has 2 heterocycles. The van der Waals surface area contributed by atoms with Crippen molar-refractivity contribution in [3.8, 4) is 0 Å². The molecule has 1 N–H and O–H groups in total. The Morgan fingerprint density at radius 1 is 1.53 bits per heavy atom. The fourth-order valence-electron chi connectivity index (χ4n) is 1.78. The van der Waals surface area contributed by atoms with Gasteiger partial charge in [-0.05, 0) is 29.3 Å². The molecule has 1 fully saturated rings. The molecular weight excluding hydrogens is 284 g/mol. The number of rotatable bonds is 1. The van der Waals surface area contributed by atoms with Crippen LogP contribution in [0.15, 0.2) is 9.27 Å². The Kier molecular flexibility index (Phi) is 2.54. The molecule has 84 valence electrons. The highest BCUT2D eigenvalue weighted by atomic mass is 79.9. The second-order valence-electron chi connectivity index (χ2n) is 3.78. The number of H-pyrrole nitrogens is 1. The van der Waals surface area contributed by atoms with E-state index in [0.717, 1.165) is 5.69 Å². The fourth-order valence-corrected chi connectivity index (χ4v) is 3.76. The van der Waals surface area contributed by atoms with Gasteiger partial charge in [-0.3, -0.25) is 9.89 Å². The SMILES string of the molecule is Cc1[nH]n(C2CCS(=O)(=O)C2)c(=O)c1Br. The van der Waals surface area contributed by atoms with Gasteiger partial charge in [0.1, 0.15) is 4.47 Å². The fraction of sp³-hybridized carbons (Fsp3) is 0.625. The Balaban J connectivity index is 2.40. The highest BCUT2D eigenvalue weighted by Gasteiger charge is 2.31. The van der Waals surface area contributed by atoms with E-state index in [1.807, 2.05) is 0 Å². The maximum Gasteiger partial charge on any atom is 0.281 e. The zero-order valence-electron chi connectivity index (χ0n) is 8.16. The van der Waals surface area contributed by atoms with Crippen molar-refractivity contribution < 1.29 is 8.42 Å². The van der Waals surface area contributed by atoms with Crippen LogP contribution in [-0.2, 0) is 9.84 Å². The lowest BCUT2D eigenvalue weighted by Crippen LogP contribution is -2.23. The summed E-state index contributed by atoms with van der Waals surface area (Å²) < 4.78 is 24.4. The molecule has 1 saturated heterocycles. The van der Waals surface area contributed by atoms with Crippen LogP contribution in [0.1, 0.15) is 18.2 Å². The van der Waals surface area contributed by atoms with Gasteiger partial charge in [0, 0.05) is 5.69 Å². The van der Waals surface area contributed by atoms with Crippen LogP contribution in [0.2, 0.25) is 0 Å². The molecule has 1 unspecified atom stereocenters. The Bertz CT molecular complexity index is 543. The topological polar surface area (TPSA) is 71.9 Å². The minimum absolute atomic E-state index is 0.0549. The Morgan fingerprint density at radius 2 is 2.20 bits per heavy atom. The number of nitrogens with zero attached hydrogens (tertiary/aromatic N) is 1. The third-order valence-corrected chi connectivity index (χ3v) is 5.28. The first kappa shape index (κ1) is 10.9. The van der Waals surface area contributed by atoms with Gasteiger partial charge >= 0.3 is 0 Å². The molecule has 1 aromatic rings. The second kappa shape index (κ2) is 3.48. The molecule has 0 aliphatic carbocycles. The normalized spacial score (nSPS) is 24.5. The maximum atomic E-state index is 11.7. The molecule has 1 aliphatic heterocycles. The van der Waals surface area contributed by atoms with Crippen molar-refractivity contribution in [1.82, 2.24) is 9.78 Å². The lowest BCUT2D eigenvalue weighted by Gasteiger charge is -2.07. The van der Waals surface area contributed by atoms with Crippen LogP contribution < -0.4 is 5.56 Å². The lowest BCUT2D eigenvalue weighted by molar-refractivity contribution is 0.483. The van der Waals surface area contributed by atoms with Crippen LogP contribution in [0, 0.1) is 6.92 Å². The Morgan fingerprint density at radius 3 is 2.60 bits per heavy atom. The molecule has 0 bridgehead atoms. The van der Waals surface area contributed by atoms with Gasteiger partial charge < -0.3 is 0 Å². The van der Waals surface area contributed by atoms with Crippen LogP contribution in [0.3, 0.4) is 0 Å². The first-order chi connectivity index (χ1) is 6.91. The largest absolute Gasteiger partial charge is 0.299 e. The molecule has 1 aliphatic rings. The van der Waals surface area contributed by atoms with Crippen molar-refractivity contribution in [3.63, 3.8) is 0 Å². The van der Waals surface area contributed by atoms with Crippen molar-refractivity contribution in [1.29, 1.82) is 0 Å². The Hall–Kier alpha value is -0.560. The predicted molar refractivity (Wildman–Crippen MR) is 59.8 cm³/mol. The molecule has 5 nitrogen and oxygen atoms in total. The number of halogens is 1. The molecule has 1 atom stereocenters. The van der Waals surface area contributed by atoms with E-state index < -0.39 is 9.84 Å². The van der Waals surface area contributed by atoms with Gasteiger partial charge in [-0.25, -0.2) is 13.1 Å². The van der Waals surface area contributed by atoms with Gasteiger partial charge in [0.2, 0.25) is 0 Å². The van der Waals surface area contributed by atoms with Gasteiger partial charge in [0.15, 0.2) is 9.84 Å². The molecule has 0 spiro atoms. The maximum absolute atomic E-state index is 11.7. The minimum Gasteiger partial charge on any atom is -0.299 e. The molecule has 2 rings (SSSR count). The summed E-state index contributed by atoms with van der Waals surface area (Å²) in [7, 11) is -2.96. The van der Waals surface area contributed by atoms with Gasteiger partial charge in [-0.15, -0.1) is 0 Å². The quantitative estimate of drug-likeness (QED) is 0.825. The minimum atomic E-state index is -2.96. The summed E-state index contributed by atoms with van der Waals surface area (Å²) in [6.07, 6.45) is 0.509. The van der Waals surface area contributed by atoms with E-state index in [9.17, 15) is 13.2 Å². The number of sulfone groups is 1. The second-order valence-corrected chi connectivity index (χ2v) is 6.80. The number of nitrogens with one attached hydrogen (secondary N) is 1. The van der Waals surface area contributed by atoms with Crippen molar-refractivity contribution in [2.45, 2.75) is 19.4 Å². The van der Waals surface area contributed by atoms with Crippen LogP contribution in [0.4, 0.5) is 0 Å². The van der Waals surface area contributed by atoms with E-state index in [0.29, 0.717) is 10.9 Å². The average Bonchev–Trinajstić information content (AvgIpc) is 2.62. The molecule has 0 aromatic carbocycles. The van der Waals surface area contributed by atoms with Crippen molar-refractivity contribution in [3.05, 3.63) is 20.5 Å². The zero-order valence-corrected chi connectivity index (χ0v) is 10.6. The third kappa shape index (κ3) is 1.90. The van der Waals surface area contributed by atoms with Crippen LogP contribution in [0.5, 0.6) is 0 Å². The summed E-state index contributed by atoms with van der Waals surface area (Å²) in [5, 5.41) is 2.89. The molecule has 0 amide bonds. The Labute approximate surface area is 95.5 Å². The highest BCUT2D eigenvalue weighted by Crippen LogP contribution is 2.22. The van der Waals surface area contributed by atoms with Gasteiger partial charge in [0.25, 0.3) is 5.56 Å². The first-order valence-corrected chi connectivity index (χ1v) is 7.19. The number of aromatic amines is 1. The van der Waals surface area contributed by atoms with E-state index in [2.05, 4.69) is 21.0 Å². The average molecular weight is 295 g/mol. The van der Waals surface area contributed by atoms with E-state index >= 15 is 0 Å². The first-order valence-electron chi connectivity index (χ1n) is 4.58. The smallest absolute Gasteiger partial charge is 0.281 e. The molecule has 0 saturated carbocycles. The number of hydrogen-bond acceptors (Lipinski definition) is 3. The number of aromatic nitrogens is 2. The molecule has 0 radical (unpaired) electrons. The van der Waals surface area contributed by atoms with Gasteiger partial charge in [-0.2, -0.15) is 0 Å².